The predicted octanol–water partition coefficient (Wildman–Crippen LogP) is -0.551. The molecule has 0 saturated carbocycles. The van der Waals surface area contributed by atoms with Crippen LogP contribution in [0, 0.1) is 29.4 Å². The SMILES string of the molecule is CCC1=[C-]C(C)C=C1C(C)(C)C1=CC(C)[C-]=C1CC.[Cl-].[Cl-].[Ti+4]. The van der Waals surface area contributed by atoms with Gasteiger partial charge in [0.25, 0.3) is 0 Å². The van der Waals surface area contributed by atoms with E-state index in [0.717, 1.165) is 12.8 Å². The predicted molar refractivity (Wildman–Crippen MR) is 82.4 cm³/mol. The molecule has 22 heavy (non-hydrogen) atoms. The van der Waals surface area contributed by atoms with E-state index in [1.165, 1.54) is 22.3 Å². The van der Waals surface area contributed by atoms with Crippen LogP contribution in [0.4, 0.5) is 0 Å². The van der Waals surface area contributed by atoms with Crippen molar-refractivity contribution in [2.75, 3.05) is 0 Å². The number of halogens is 2. The standard InChI is InChI=1S/C19H26.2ClH.Ti/c1-7-15-9-13(3)11-17(15)19(5,6)18-12-14(4)10-16(18)8-2;;;/h11-14H,7-8H2,1-6H3;2*1H;/q-2;;;+4/p-2. The van der Waals surface area contributed by atoms with Crippen molar-refractivity contribution in [1.29, 1.82) is 0 Å². The Morgan fingerprint density at radius 1 is 0.864 bits per heavy atom. The Labute approximate surface area is 164 Å². The van der Waals surface area contributed by atoms with Crippen LogP contribution in [0.25, 0.3) is 0 Å². The first-order valence-corrected chi connectivity index (χ1v) is 7.60. The molecular formula is C19H26Cl2Ti. The van der Waals surface area contributed by atoms with Gasteiger partial charge in [-0.2, -0.15) is 12.2 Å². The molecular weight excluding hydrogens is 347 g/mol. The molecule has 0 saturated heterocycles. The van der Waals surface area contributed by atoms with Gasteiger partial charge in [0, 0.05) is 0 Å². The van der Waals surface area contributed by atoms with E-state index in [1.54, 1.807) is 0 Å². The van der Waals surface area contributed by atoms with Crippen molar-refractivity contribution in [2.45, 2.75) is 54.4 Å². The monoisotopic (exact) mass is 372 g/mol. The Hall–Kier alpha value is 0.254. The van der Waals surface area contributed by atoms with Crippen molar-refractivity contribution in [2.24, 2.45) is 17.3 Å². The van der Waals surface area contributed by atoms with E-state index in [4.69, 9.17) is 0 Å². The van der Waals surface area contributed by atoms with Crippen LogP contribution in [0.1, 0.15) is 54.4 Å². The third-order valence-electron chi connectivity index (χ3n) is 4.34. The molecule has 0 heterocycles. The van der Waals surface area contributed by atoms with E-state index in [0.29, 0.717) is 11.8 Å². The van der Waals surface area contributed by atoms with Gasteiger partial charge >= 0.3 is 21.7 Å². The second-order valence-corrected chi connectivity index (χ2v) is 6.32. The first-order valence-electron chi connectivity index (χ1n) is 7.60. The molecule has 120 valence electrons. The normalized spacial score (nSPS) is 23.4. The maximum Gasteiger partial charge on any atom is 4.00 e. The molecule has 2 aliphatic rings. The van der Waals surface area contributed by atoms with Crippen molar-refractivity contribution in [1.82, 2.24) is 0 Å². The Bertz CT molecular complexity index is 452. The van der Waals surface area contributed by atoms with Gasteiger partial charge in [-0.25, -0.2) is 22.3 Å². The van der Waals surface area contributed by atoms with E-state index < -0.39 is 0 Å². The Balaban J connectivity index is 0. The summed E-state index contributed by atoms with van der Waals surface area (Å²) in [6.07, 6.45) is 14.1. The van der Waals surface area contributed by atoms with Crippen molar-refractivity contribution in [3.63, 3.8) is 0 Å². The summed E-state index contributed by atoms with van der Waals surface area (Å²) in [6, 6.07) is 0. The molecule has 0 aromatic carbocycles. The van der Waals surface area contributed by atoms with Gasteiger partial charge in [-0.05, 0) is 0 Å². The zero-order valence-corrected chi connectivity index (χ0v) is 17.6. The summed E-state index contributed by atoms with van der Waals surface area (Å²) < 4.78 is 0. The third-order valence-corrected chi connectivity index (χ3v) is 4.34. The van der Waals surface area contributed by atoms with Gasteiger partial charge in [0.15, 0.2) is 0 Å². The first-order chi connectivity index (χ1) is 8.90. The van der Waals surface area contributed by atoms with Crippen molar-refractivity contribution >= 4 is 0 Å². The molecule has 0 aromatic rings. The summed E-state index contributed by atoms with van der Waals surface area (Å²) in [5.74, 6) is 0.920. The summed E-state index contributed by atoms with van der Waals surface area (Å²) in [7, 11) is 0. The molecule has 0 fully saturated rings. The minimum Gasteiger partial charge on any atom is -1.00 e. The van der Waals surface area contributed by atoms with E-state index >= 15 is 0 Å². The third kappa shape index (κ3) is 4.63. The molecule has 0 bridgehead atoms. The van der Waals surface area contributed by atoms with E-state index in [-0.39, 0.29) is 51.9 Å². The molecule has 0 aliphatic heterocycles. The number of rotatable bonds is 4. The largest absolute Gasteiger partial charge is 4.00 e. The average Bonchev–Trinajstić information content (AvgIpc) is 2.92. The maximum atomic E-state index is 3.59. The van der Waals surface area contributed by atoms with Crippen LogP contribution >= 0.6 is 0 Å². The molecule has 3 heteroatoms. The minimum atomic E-state index is 0. The first kappa shape index (κ1) is 24.5. The summed E-state index contributed by atoms with van der Waals surface area (Å²) in [5, 5.41) is 0. The van der Waals surface area contributed by atoms with Gasteiger partial charge in [-0.3, -0.25) is 12.2 Å². The molecule has 0 radical (unpaired) electrons. The topological polar surface area (TPSA) is 0 Å². The van der Waals surface area contributed by atoms with E-state index in [9.17, 15) is 0 Å². The number of hydrogen-bond donors (Lipinski definition) is 0. The fraction of sp³-hybridized carbons (Fsp3) is 0.579. The summed E-state index contributed by atoms with van der Waals surface area (Å²) >= 11 is 0. The zero-order chi connectivity index (χ0) is 14.2. The van der Waals surface area contributed by atoms with Gasteiger partial charge < -0.3 is 24.8 Å². The average molecular weight is 373 g/mol. The number of allylic oxidation sites excluding steroid dienone is 8. The Morgan fingerprint density at radius 3 is 1.45 bits per heavy atom. The summed E-state index contributed by atoms with van der Waals surface area (Å²) in [6.45, 7) is 13.6. The van der Waals surface area contributed by atoms with Crippen LogP contribution < -0.4 is 24.8 Å². The Morgan fingerprint density at radius 2 is 1.18 bits per heavy atom. The molecule has 2 aliphatic carbocycles. The van der Waals surface area contributed by atoms with E-state index in [2.05, 4.69) is 65.8 Å². The van der Waals surface area contributed by atoms with Crippen LogP contribution in [0.2, 0.25) is 0 Å². The van der Waals surface area contributed by atoms with Crippen LogP contribution in [-0.4, -0.2) is 0 Å². The van der Waals surface area contributed by atoms with Gasteiger partial charge in [0.1, 0.15) is 0 Å². The second-order valence-electron chi connectivity index (χ2n) is 6.32. The Kier molecular flexibility index (Phi) is 10.6. The van der Waals surface area contributed by atoms with E-state index in [1.807, 2.05) is 0 Å². The molecule has 0 spiro atoms. The van der Waals surface area contributed by atoms with Crippen LogP contribution in [0.3, 0.4) is 0 Å². The smallest absolute Gasteiger partial charge is 1.00 e. The molecule has 0 aromatic heterocycles. The molecule has 0 nitrogen and oxygen atoms in total. The zero-order valence-electron chi connectivity index (χ0n) is 14.5. The minimum absolute atomic E-state index is 0. The molecule has 2 atom stereocenters. The fourth-order valence-electron chi connectivity index (χ4n) is 3.39. The van der Waals surface area contributed by atoms with Crippen LogP contribution in [-0.2, 0) is 21.7 Å². The van der Waals surface area contributed by atoms with Gasteiger partial charge in [0.05, 0.1) is 0 Å². The van der Waals surface area contributed by atoms with Gasteiger partial charge in [-0.1, -0.05) is 66.2 Å². The van der Waals surface area contributed by atoms with Crippen LogP contribution in [0.15, 0.2) is 34.4 Å². The number of hydrogen-bond acceptors (Lipinski definition) is 0. The van der Waals surface area contributed by atoms with Gasteiger partial charge in [0.2, 0.25) is 0 Å². The fourth-order valence-corrected chi connectivity index (χ4v) is 3.39. The molecule has 0 N–H and O–H groups in total. The second kappa shape index (κ2) is 9.53. The molecule has 0 amide bonds. The van der Waals surface area contributed by atoms with Crippen LogP contribution in [0.5, 0.6) is 0 Å². The quantitative estimate of drug-likeness (QED) is 0.459. The summed E-state index contributed by atoms with van der Waals surface area (Å²) in [4.78, 5) is 0. The van der Waals surface area contributed by atoms with Crippen molar-refractivity contribution in [3.05, 3.63) is 46.6 Å². The molecule has 2 rings (SSSR count). The summed E-state index contributed by atoms with van der Waals surface area (Å²) in [5.41, 5.74) is 5.87. The van der Waals surface area contributed by atoms with Gasteiger partial charge in [-0.15, -0.1) is 5.41 Å². The molecule has 2 unspecified atom stereocenters. The van der Waals surface area contributed by atoms with Crippen molar-refractivity contribution < 1.29 is 46.5 Å². The van der Waals surface area contributed by atoms with Crippen molar-refractivity contribution in [3.8, 4) is 0 Å². The maximum absolute atomic E-state index is 3.59.